The third-order valence-corrected chi connectivity index (χ3v) is 3.79. The van der Waals surface area contributed by atoms with E-state index in [4.69, 9.17) is 9.47 Å². The van der Waals surface area contributed by atoms with E-state index in [9.17, 15) is 9.59 Å². The summed E-state index contributed by atoms with van der Waals surface area (Å²) in [6.45, 7) is 4.21. The van der Waals surface area contributed by atoms with E-state index in [-0.39, 0.29) is 11.9 Å². The Morgan fingerprint density at radius 3 is 2.35 bits per heavy atom. The van der Waals surface area contributed by atoms with Crippen LogP contribution in [0.15, 0.2) is 54.6 Å². The summed E-state index contributed by atoms with van der Waals surface area (Å²) in [7, 11) is 0. The van der Waals surface area contributed by atoms with Gasteiger partial charge in [0.05, 0.1) is 12.2 Å². The van der Waals surface area contributed by atoms with Crippen molar-refractivity contribution in [2.45, 2.75) is 39.2 Å². The second kappa shape index (κ2) is 10.2. The monoisotopic (exact) mass is 355 g/mol. The van der Waals surface area contributed by atoms with Crippen molar-refractivity contribution >= 4 is 17.6 Å². The lowest BCUT2D eigenvalue weighted by Crippen LogP contribution is -2.30. The minimum absolute atomic E-state index is 0.260. The van der Waals surface area contributed by atoms with Crippen LogP contribution >= 0.6 is 0 Å². The number of hydrogen-bond acceptors (Lipinski definition) is 4. The zero-order chi connectivity index (χ0) is 18.8. The number of unbranched alkanes of at least 4 members (excludes halogenated alkanes) is 2. The van der Waals surface area contributed by atoms with E-state index >= 15 is 0 Å². The molecule has 0 aliphatic carbocycles. The van der Waals surface area contributed by atoms with Gasteiger partial charge in [-0.2, -0.15) is 0 Å². The number of amides is 1. The van der Waals surface area contributed by atoms with Crippen molar-refractivity contribution in [3.05, 3.63) is 60.2 Å². The number of hydrogen-bond donors (Lipinski definition) is 1. The van der Waals surface area contributed by atoms with E-state index in [0.717, 1.165) is 19.3 Å². The van der Waals surface area contributed by atoms with Gasteiger partial charge in [0.25, 0.3) is 5.91 Å². The van der Waals surface area contributed by atoms with Gasteiger partial charge in [0.2, 0.25) is 0 Å². The first kappa shape index (κ1) is 19.5. The third-order valence-electron chi connectivity index (χ3n) is 3.79. The molecule has 26 heavy (non-hydrogen) atoms. The summed E-state index contributed by atoms with van der Waals surface area (Å²) in [4.78, 5) is 24.1. The molecule has 1 amide bonds. The van der Waals surface area contributed by atoms with Crippen LogP contribution in [0.2, 0.25) is 0 Å². The van der Waals surface area contributed by atoms with Crippen molar-refractivity contribution in [3.63, 3.8) is 0 Å². The van der Waals surface area contributed by atoms with Crippen LogP contribution in [0.5, 0.6) is 5.75 Å². The Hall–Kier alpha value is -2.82. The first-order chi connectivity index (χ1) is 12.6. The first-order valence-electron chi connectivity index (χ1n) is 8.90. The predicted molar refractivity (Wildman–Crippen MR) is 101 cm³/mol. The molecular formula is C21H25NO4. The maximum absolute atomic E-state index is 12.2. The molecule has 1 unspecified atom stereocenters. The van der Waals surface area contributed by atoms with Crippen LogP contribution in [0.25, 0.3) is 0 Å². The largest absolute Gasteiger partial charge is 0.481 e. The lowest BCUT2D eigenvalue weighted by molar-refractivity contribution is -0.122. The van der Waals surface area contributed by atoms with Gasteiger partial charge in [-0.05, 0) is 49.7 Å². The lowest BCUT2D eigenvalue weighted by Gasteiger charge is -2.14. The molecule has 2 aromatic carbocycles. The Morgan fingerprint density at radius 2 is 1.69 bits per heavy atom. The van der Waals surface area contributed by atoms with E-state index in [2.05, 4.69) is 12.2 Å². The fraction of sp³-hybridized carbons (Fsp3) is 0.333. The highest BCUT2D eigenvalue weighted by molar-refractivity contribution is 5.95. The Morgan fingerprint density at radius 1 is 1.00 bits per heavy atom. The Bertz CT molecular complexity index is 698. The highest BCUT2D eigenvalue weighted by atomic mass is 16.5. The molecule has 0 saturated carbocycles. The highest BCUT2D eigenvalue weighted by Crippen LogP contribution is 2.14. The zero-order valence-electron chi connectivity index (χ0n) is 15.2. The number of benzene rings is 2. The summed E-state index contributed by atoms with van der Waals surface area (Å²) in [6.07, 6.45) is 2.36. The van der Waals surface area contributed by atoms with Crippen LogP contribution in [0, 0.1) is 0 Å². The highest BCUT2D eigenvalue weighted by Gasteiger charge is 2.15. The quantitative estimate of drug-likeness (QED) is 0.533. The molecule has 0 saturated heterocycles. The van der Waals surface area contributed by atoms with Crippen molar-refractivity contribution in [2.24, 2.45) is 0 Å². The smallest absolute Gasteiger partial charge is 0.338 e. The van der Waals surface area contributed by atoms with Gasteiger partial charge in [0, 0.05) is 5.69 Å². The average molecular weight is 355 g/mol. The third kappa shape index (κ3) is 6.24. The van der Waals surface area contributed by atoms with Crippen LogP contribution in [0.1, 0.15) is 43.5 Å². The van der Waals surface area contributed by atoms with Crippen molar-refractivity contribution in [1.29, 1.82) is 0 Å². The zero-order valence-corrected chi connectivity index (χ0v) is 15.2. The Labute approximate surface area is 154 Å². The number of rotatable bonds is 9. The molecule has 0 aromatic heterocycles. The molecular weight excluding hydrogens is 330 g/mol. The molecule has 1 N–H and O–H groups in total. The SMILES string of the molecule is CCCCCOC(=O)c1ccc(NC(=O)C(C)Oc2ccccc2)cc1. The molecule has 0 fully saturated rings. The number of carbonyl (C=O) groups excluding carboxylic acids is 2. The minimum atomic E-state index is -0.638. The standard InChI is InChI=1S/C21H25NO4/c1-3-4-8-15-25-21(24)17-11-13-18(14-12-17)22-20(23)16(2)26-19-9-6-5-7-10-19/h5-7,9-14,16H,3-4,8,15H2,1-2H3,(H,22,23). The van der Waals surface area contributed by atoms with Gasteiger partial charge < -0.3 is 14.8 Å². The van der Waals surface area contributed by atoms with Crippen LogP contribution in [-0.2, 0) is 9.53 Å². The number of nitrogens with one attached hydrogen (secondary N) is 1. The molecule has 0 aliphatic rings. The van der Waals surface area contributed by atoms with Crippen LogP contribution in [0.4, 0.5) is 5.69 Å². The van der Waals surface area contributed by atoms with Gasteiger partial charge in [-0.25, -0.2) is 4.79 Å². The van der Waals surface area contributed by atoms with Crippen molar-refractivity contribution < 1.29 is 19.1 Å². The molecule has 0 heterocycles. The number of esters is 1. The molecule has 2 aromatic rings. The van der Waals surface area contributed by atoms with E-state index < -0.39 is 6.10 Å². The number of para-hydroxylation sites is 1. The molecule has 5 nitrogen and oxygen atoms in total. The molecule has 2 rings (SSSR count). The molecule has 5 heteroatoms. The van der Waals surface area contributed by atoms with Gasteiger partial charge >= 0.3 is 5.97 Å². The van der Waals surface area contributed by atoms with Gasteiger partial charge in [-0.1, -0.05) is 38.0 Å². The molecule has 0 aliphatic heterocycles. The van der Waals surface area contributed by atoms with E-state index in [1.165, 1.54) is 0 Å². The van der Waals surface area contributed by atoms with Crippen molar-refractivity contribution in [2.75, 3.05) is 11.9 Å². The summed E-state index contributed by atoms with van der Waals surface area (Å²) in [6, 6.07) is 15.8. The fourth-order valence-electron chi connectivity index (χ4n) is 2.29. The van der Waals surface area contributed by atoms with Gasteiger partial charge in [-0.15, -0.1) is 0 Å². The van der Waals surface area contributed by atoms with Gasteiger partial charge in [0.1, 0.15) is 5.75 Å². The Balaban J connectivity index is 1.84. The molecule has 0 bridgehead atoms. The lowest BCUT2D eigenvalue weighted by atomic mass is 10.2. The molecule has 0 spiro atoms. The minimum Gasteiger partial charge on any atom is -0.481 e. The van der Waals surface area contributed by atoms with Crippen molar-refractivity contribution in [1.82, 2.24) is 0 Å². The van der Waals surface area contributed by atoms with E-state index in [1.54, 1.807) is 43.3 Å². The van der Waals surface area contributed by atoms with Gasteiger partial charge in [-0.3, -0.25) is 4.79 Å². The summed E-state index contributed by atoms with van der Waals surface area (Å²) >= 11 is 0. The second-order valence-electron chi connectivity index (χ2n) is 5.98. The van der Waals surface area contributed by atoms with Crippen molar-refractivity contribution in [3.8, 4) is 5.75 Å². The first-order valence-corrected chi connectivity index (χ1v) is 8.90. The average Bonchev–Trinajstić information content (AvgIpc) is 2.66. The van der Waals surface area contributed by atoms with Crippen LogP contribution in [-0.4, -0.2) is 24.6 Å². The van der Waals surface area contributed by atoms with Gasteiger partial charge in [0.15, 0.2) is 6.10 Å². The topological polar surface area (TPSA) is 64.6 Å². The van der Waals surface area contributed by atoms with Crippen LogP contribution < -0.4 is 10.1 Å². The van der Waals surface area contributed by atoms with Crippen LogP contribution in [0.3, 0.4) is 0 Å². The summed E-state index contributed by atoms with van der Waals surface area (Å²) in [5.74, 6) is 0.0276. The maximum Gasteiger partial charge on any atom is 0.338 e. The molecule has 1 atom stereocenters. The summed E-state index contributed by atoms with van der Waals surface area (Å²) in [5, 5.41) is 2.77. The summed E-state index contributed by atoms with van der Waals surface area (Å²) in [5.41, 5.74) is 1.06. The predicted octanol–water partition coefficient (Wildman–Crippen LogP) is 4.44. The maximum atomic E-state index is 12.2. The second-order valence-corrected chi connectivity index (χ2v) is 5.98. The number of carbonyl (C=O) groups is 2. The molecule has 138 valence electrons. The van der Waals surface area contributed by atoms with E-state index in [0.29, 0.717) is 23.6 Å². The fourth-order valence-corrected chi connectivity index (χ4v) is 2.29. The Kier molecular flexibility index (Phi) is 7.68. The normalized spacial score (nSPS) is 11.5. The van der Waals surface area contributed by atoms with E-state index in [1.807, 2.05) is 18.2 Å². The number of ether oxygens (including phenoxy) is 2. The summed E-state index contributed by atoms with van der Waals surface area (Å²) < 4.78 is 10.8. The molecule has 0 radical (unpaired) electrons. The number of anilines is 1.